The van der Waals surface area contributed by atoms with Gasteiger partial charge in [0.25, 0.3) is 0 Å². The van der Waals surface area contributed by atoms with Crippen molar-refractivity contribution in [3.8, 4) is 0 Å². The highest BCUT2D eigenvalue weighted by Crippen LogP contribution is 2.15. The van der Waals surface area contributed by atoms with Crippen LogP contribution >= 0.6 is 11.6 Å². The van der Waals surface area contributed by atoms with E-state index in [1.54, 1.807) is 20.0 Å². The van der Waals surface area contributed by atoms with Crippen molar-refractivity contribution in [2.24, 2.45) is 0 Å². The lowest BCUT2D eigenvalue weighted by Crippen LogP contribution is -2.34. The molecule has 1 heterocycles. The average molecular weight is 229 g/mol. The Hall–Kier alpha value is -0.640. The summed E-state index contributed by atoms with van der Waals surface area (Å²) in [5, 5.41) is 13.3. The molecule has 1 aromatic rings. The molecule has 4 heteroatoms. The van der Waals surface area contributed by atoms with Gasteiger partial charge in [-0.15, -0.1) is 0 Å². The second-order valence-corrected chi connectivity index (χ2v) is 4.74. The average Bonchev–Trinajstić information content (AvgIpc) is 2.07. The molecule has 0 radical (unpaired) electrons. The molecule has 0 aromatic carbocycles. The molecule has 0 atom stereocenters. The largest absolute Gasteiger partial charge is 0.389 e. The molecule has 0 bridgehead atoms. The first-order valence-electron chi connectivity index (χ1n) is 4.92. The van der Waals surface area contributed by atoms with E-state index in [-0.39, 0.29) is 0 Å². The third-order valence-electron chi connectivity index (χ3n) is 1.94. The highest BCUT2D eigenvalue weighted by atomic mass is 35.5. The highest BCUT2D eigenvalue weighted by Gasteiger charge is 2.11. The van der Waals surface area contributed by atoms with Crippen molar-refractivity contribution in [3.05, 3.63) is 28.5 Å². The van der Waals surface area contributed by atoms with Crippen LogP contribution in [0.15, 0.2) is 12.3 Å². The smallest absolute Gasteiger partial charge is 0.0715 e. The quantitative estimate of drug-likeness (QED) is 0.828. The standard InChI is InChI=1S/C11H17ClN2O/c1-8-4-10(12)9(6-14-8)5-13-7-11(2,3)15/h4,6,13,15H,5,7H2,1-3H3. The van der Waals surface area contributed by atoms with Gasteiger partial charge in [0.15, 0.2) is 0 Å². The Labute approximate surface area is 95.5 Å². The van der Waals surface area contributed by atoms with E-state index in [1.165, 1.54) is 0 Å². The number of halogens is 1. The van der Waals surface area contributed by atoms with E-state index in [0.29, 0.717) is 18.1 Å². The van der Waals surface area contributed by atoms with Crippen LogP contribution in [0.1, 0.15) is 25.1 Å². The van der Waals surface area contributed by atoms with Gasteiger partial charge in [0.05, 0.1) is 5.60 Å². The van der Waals surface area contributed by atoms with Crippen molar-refractivity contribution >= 4 is 11.6 Å². The zero-order valence-electron chi connectivity index (χ0n) is 9.34. The minimum Gasteiger partial charge on any atom is -0.389 e. The molecule has 0 aliphatic carbocycles. The molecule has 3 nitrogen and oxygen atoms in total. The SMILES string of the molecule is Cc1cc(Cl)c(CNCC(C)(C)O)cn1. The number of rotatable bonds is 4. The van der Waals surface area contributed by atoms with E-state index in [9.17, 15) is 5.11 Å². The molecule has 0 aliphatic rings. The van der Waals surface area contributed by atoms with Gasteiger partial charge in [-0.1, -0.05) is 11.6 Å². The zero-order valence-corrected chi connectivity index (χ0v) is 10.1. The lowest BCUT2D eigenvalue weighted by Gasteiger charge is -2.17. The fourth-order valence-electron chi connectivity index (χ4n) is 1.19. The predicted molar refractivity (Wildman–Crippen MR) is 62.0 cm³/mol. The molecule has 0 fully saturated rings. The van der Waals surface area contributed by atoms with Crippen LogP contribution in [0, 0.1) is 6.92 Å². The summed E-state index contributed by atoms with van der Waals surface area (Å²) in [7, 11) is 0. The summed E-state index contributed by atoms with van der Waals surface area (Å²) in [6.07, 6.45) is 1.76. The normalized spacial score (nSPS) is 11.8. The monoisotopic (exact) mass is 228 g/mol. The van der Waals surface area contributed by atoms with E-state index >= 15 is 0 Å². The van der Waals surface area contributed by atoms with E-state index in [4.69, 9.17) is 11.6 Å². The van der Waals surface area contributed by atoms with E-state index in [1.807, 2.05) is 13.0 Å². The van der Waals surface area contributed by atoms with Gasteiger partial charge in [-0.25, -0.2) is 0 Å². The molecule has 0 saturated carbocycles. The molecule has 1 rings (SSSR count). The first kappa shape index (κ1) is 12.4. The van der Waals surface area contributed by atoms with Crippen LogP contribution in [-0.2, 0) is 6.54 Å². The molecule has 2 N–H and O–H groups in total. The number of aliphatic hydroxyl groups is 1. The molecule has 15 heavy (non-hydrogen) atoms. The molecule has 0 spiro atoms. The summed E-state index contributed by atoms with van der Waals surface area (Å²) >= 11 is 6.04. The van der Waals surface area contributed by atoms with Crippen LogP contribution in [0.5, 0.6) is 0 Å². The summed E-state index contributed by atoms with van der Waals surface area (Å²) in [6, 6.07) is 1.84. The van der Waals surface area contributed by atoms with Gasteiger partial charge in [0, 0.05) is 35.6 Å². The van der Waals surface area contributed by atoms with Crippen LogP contribution in [0.25, 0.3) is 0 Å². The minimum absolute atomic E-state index is 0.525. The number of hydrogen-bond acceptors (Lipinski definition) is 3. The number of pyridine rings is 1. The number of aromatic nitrogens is 1. The molecular formula is C11H17ClN2O. The molecule has 0 amide bonds. The van der Waals surface area contributed by atoms with Crippen LogP contribution in [-0.4, -0.2) is 22.2 Å². The van der Waals surface area contributed by atoms with Crippen molar-refractivity contribution in [2.75, 3.05) is 6.54 Å². The van der Waals surface area contributed by atoms with E-state index in [2.05, 4.69) is 10.3 Å². The topological polar surface area (TPSA) is 45.1 Å². The Morgan fingerprint density at radius 1 is 1.53 bits per heavy atom. The van der Waals surface area contributed by atoms with Gasteiger partial charge < -0.3 is 10.4 Å². The van der Waals surface area contributed by atoms with E-state index in [0.717, 1.165) is 11.3 Å². The molecular weight excluding hydrogens is 212 g/mol. The van der Waals surface area contributed by atoms with Gasteiger partial charge >= 0.3 is 0 Å². The maximum atomic E-state index is 9.50. The number of nitrogens with zero attached hydrogens (tertiary/aromatic N) is 1. The zero-order chi connectivity index (χ0) is 11.5. The van der Waals surface area contributed by atoms with Crippen molar-refractivity contribution < 1.29 is 5.11 Å². The highest BCUT2D eigenvalue weighted by molar-refractivity contribution is 6.31. The third-order valence-corrected chi connectivity index (χ3v) is 2.29. The fourth-order valence-corrected chi connectivity index (χ4v) is 1.46. The second-order valence-electron chi connectivity index (χ2n) is 4.33. The maximum absolute atomic E-state index is 9.50. The van der Waals surface area contributed by atoms with Crippen molar-refractivity contribution in [1.29, 1.82) is 0 Å². The minimum atomic E-state index is -0.704. The third kappa shape index (κ3) is 4.60. The Bertz CT molecular complexity index is 334. The maximum Gasteiger partial charge on any atom is 0.0715 e. The van der Waals surface area contributed by atoms with Crippen LogP contribution in [0.2, 0.25) is 5.02 Å². The molecule has 0 saturated heterocycles. The lowest BCUT2D eigenvalue weighted by molar-refractivity contribution is 0.0795. The Morgan fingerprint density at radius 2 is 2.20 bits per heavy atom. The van der Waals surface area contributed by atoms with Crippen molar-refractivity contribution in [3.63, 3.8) is 0 Å². The van der Waals surface area contributed by atoms with Crippen molar-refractivity contribution in [2.45, 2.75) is 32.9 Å². The Kier molecular flexibility index (Phi) is 4.08. The molecule has 0 aliphatic heterocycles. The van der Waals surface area contributed by atoms with Gasteiger partial charge in [-0.05, 0) is 26.8 Å². The lowest BCUT2D eigenvalue weighted by atomic mass is 10.1. The van der Waals surface area contributed by atoms with Gasteiger partial charge in [-0.2, -0.15) is 0 Å². The first-order valence-corrected chi connectivity index (χ1v) is 5.30. The van der Waals surface area contributed by atoms with Crippen LogP contribution in [0.3, 0.4) is 0 Å². The van der Waals surface area contributed by atoms with Crippen molar-refractivity contribution in [1.82, 2.24) is 10.3 Å². The van der Waals surface area contributed by atoms with Crippen LogP contribution in [0.4, 0.5) is 0 Å². The van der Waals surface area contributed by atoms with Gasteiger partial charge in [0.1, 0.15) is 0 Å². The number of hydrogen-bond donors (Lipinski definition) is 2. The second kappa shape index (κ2) is 4.92. The summed E-state index contributed by atoms with van der Waals surface area (Å²) < 4.78 is 0. The summed E-state index contributed by atoms with van der Waals surface area (Å²) in [5.74, 6) is 0. The van der Waals surface area contributed by atoms with E-state index < -0.39 is 5.60 Å². The Balaban J connectivity index is 2.51. The van der Waals surface area contributed by atoms with Crippen LogP contribution < -0.4 is 5.32 Å². The number of aryl methyl sites for hydroxylation is 1. The Morgan fingerprint density at radius 3 is 2.73 bits per heavy atom. The summed E-state index contributed by atoms with van der Waals surface area (Å²) in [4.78, 5) is 4.17. The number of nitrogens with one attached hydrogen (secondary N) is 1. The predicted octanol–water partition coefficient (Wildman–Crippen LogP) is 1.90. The molecule has 84 valence electrons. The first-order chi connectivity index (χ1) is 6.88. The molecule has 1 aromatic heterocycles. The summed E-state index contributed by atoms with van der Waals surface area (Å²) in [5.41, 5.74) is 1.16. The summed E-state index contributed by atoms with van der Waals surface area (Å²) in [6.45, 7) is 6.57. The molecule has 0 unspecified atom stereocenters. The van der Waals surface area contributed by atoms with Gasteiger partial charge in [-0.3, -0.25) is 4.98 Å². The van der Waals surface area contributed by atoms with Gasteiger partial charge in [0.2, 0.25) is 0 Å². The fraction of sp³-hybridized carbons (Fsp3) is 0.545.